The molecule has 0 aliphatic heterocycles. The summed E-state index contributed by atoms with van der Waals surface area (Å²) in [6.07, 6.45) is 0. The normalized spacial score (nSPS) is 10.6. The maximum Gasteiger partial charge on any atom is 0.187 e. The highest BCUT2D eigenvalue weighted by atomic mass is 79.9. The molecule has 0 radical (unpaired) electrons. The highest BCUT2D eigenvalue weighted by Crippen LogP contribution is 2.34. The molecule has 2 aromatic rings. The monoisotopic (exact) mass is 286 g/mol. The fourth-order valence-electron chi connectivity index (χ4n) is 1.34. The highest BCUT2D eigenvalue weighted by Gasteiger charge is 2.15. The van der Waals surface area contributed by atoms with E-state index in [0.29, 0.717) is 10.8 Å². The van der Waals surface area contributed by atoms with Crippen molar-refractivity contribution in [2.75, 3.05) is 5.73 Å². The second kappa shape index (κ2) is 3.87. The number of hydrogen-bond acceptors (Lipinski definition) is 3. The summed E-state index contributed by atoms with van der Waals surface area (Å²) in [4.78, 5) is 0. The lowest BCUT2D eigenvalue weighted by Gasteiger charge is -2.02. The van der Waals surface area contributed by atoms with Crippen LogP contribution in [0.15, 0.2) is 27.2 Å². The first kappa shape index (κ1) is 10.5. The zero-order valence-corrected chi connectivity index (χ0v) is 10.3. The predicted octanol–water partition coefficient (Wildman–Crippen LogP) is 3.65. The van der Waals surface area contributed by atoms with Crippen LogP contribution in [-0.4, -0.2) is 5.16 Å². The molecule has 0 amide bonds. The predicted molar refractivity (Wildman–Crippen MR) is 63.8 cm³/mol. The van der Waals surface area contributed by atoms with Crippen LogP contribution >= 0.6 is 27.5 Å². The summed E-state index contributed by atoms with van der Waals surface area (Å²) < 4.78 is 6.09. The molecule has 5 heteroatoms. The Balaban J connectivity index is 2.59. The number of halogens is 2. The summed E-state index contributed by atoms with van der Waals surface area (Å²) in [5, 5.41) is 3.98. The van der Waals surface area contributed by atoms with E-state index in [1.54, 1.807) is 0 Å². The quantitative estimate of drug-likeness (QED) is 0.871. The summed E-state index contributed by atoms with van der Waals surface area (Å²) in [5.74, 6) is 0.730. The molecule has 0 saturated carbocycles. The van der Waals surface area contributed by atoms with E-state index in [1.807, 2.05) is 25.1 Å². The van der Waals surface area contributed by atoms with Crippen molar-refractivity contribution in [3.05, 3.63) is 33.3 Å². The average Bonchev–Trinajstić information content (AvgIpc) is 2.49. The Morgan fingerprint density at radius 3 is 2.73 bits per heavy atom. The molecule has 15 heavy (non-hydrogen) atoms. The second-order valence-corrected chi connectivity index (χ2v) is 4.46. The fraction of sp³-hybridized carbons (Fsp3) is 0.100. The standard InChI is InChI=1S/C10H8BrClN2O/c1-5-4-6(11)2-3-7(5)9-8(12)10(13)14-15-9/h2-4H,1H3,(H2,13,14). The van der Waals surface area contributed by atoms with Crippen LogP contribution in [0.5, 0.6) is 0 Å². The van der Waals surface area contributed by atoms with Crippen molar-refractivity contribution in [3.8, 4) is 11.3 Å². The second-order valence-electron chi connectivity index (χ2n) is 3.17. The Bertz CT molecular complexity index is 510. The van der Waals surface area contributed by atoms with Gasteiger partial charge in [-0.25, -0.2) is 0 Å². The van der Waals surface area contributed by atoms with Gasteiger partial charge in [0.05, 0.1) is 0 Å². The molecule has 2 N–H and O–H groups in total. The van der Waals surface area contributed by atoms with Crippen LogP contribution in [0.2, 0.25) is 5.02 Å². The molecule has 0 bridgehead atoms. The number of nitrogens with two attached hydrogens (primary N) is 1. The molecule has 1 aromatic carbocycles. The third-order valence-electron chi connectivity index (χ3n) is 2.09. The molecule has 0 fully saturated rings. The lowest BCUT2D eigenvalue weighted by atomic mass is 10.1. The molecule has 0 atom stereocenters. The van der Waals surface area contributed by atoms with Crippen molar-refractivity contribution in [1.82, 2.24) is 5.16 Å². The smallest absolute Gasteiger partial charge is 0.187 e. The molecule has 0 unspecified atom stereocenters. The van der Waals surface area contributed by atoms with Crippen molar-refractivity contribution in [3.63, 3.8) is 0 Å². The molecular weight excluding hydrogens is 279 g/mol. The Hall–Kier alpha value is -1.00. The summed E-state index contributed by atoms with van der Waals surface area (Å²) in [5.41, 5.74) is 7.45. The molecule has 0 aliphatic rings. The van der Waals surface area contributed by atoms with Crippen molar-refractivity contribution >= 4 is 33.3 Å². The minimum Gasteiger partial charge on any atom is -0.380 e. The minimum atomic E-state index is 0.217. The van der Waals surface area contributed by atoms with E-state index in [-0.39, 0.29) is 5.82 Å². The molecule has 0 aliphatic carbocycles. The van der Waals surface area contributed by atoms with Gasteiger partial charge in [0.15, 0.2) is 11.6 Å². The van der Waals surface area contributed by atoms with Crippen LogP contribution < -0.4 is 5.73 Å². The average molecular weight is 288 g/mol. The number of anilines is 1. The third kappa shape index (κ3) is 1.87. The van der Waals surface area contributed by atoms with E-state index in [4.69, 9.17) is 21.9 Å². The molecule has 1 heterocycles. The molecule has 78 valence electrons. The molecule has 2 rings (SSSR count). The topological polar surface area (TPSA) is 52.0 Å². The number of hydrogen-bond donors (Lipinski definition) is 1. The Morgan fingerprint density at radius 2 is 2.20 bits per heavy atom. The van der Waals surface area contributed by atoms with Gasteiger partial charge in [-0.15, -0.1) is 0 Å². The first-order valence-corrected chi connectivity index (χ1v) is 5.44. The van der Waals surface area contributed by atoms with Gasteiger partial charge in [0.2, 0.25) is 0 Å². The number of rotatable bonds is 1. The maximum atomic E-state index is 5.96. The van der Waals surface area contributed by atoms with Gasteiger partial charge < -0.3 is 10.3 Å². The zero-order chi connectivity index (χ0) is 11.0. The number of nitrogen functional groups attached to an aromatic ring is 1. The number of aryl methyl sites for hydroxylation is 1. The maximum absolute atomic E-state index is 5.96. The molecule has 1 aromatic heterocycles. The van der Waals surface area contributed by atoms with Gasteiger partial charge >= 0.3 is 0 Å². The van der Waals surface area contributed by atoms with Crippen molar-refractivity contribution in [2.45, 2.75) is 6.92 Å². The van der Waals surface area contributed by atoms with E-state index in [2.05, 4.69) is 21.1 Å². The van der Waals surface area contributed by atoms with Crippen LogP contribution in [0.3, 0.4) is 0 Å². The fourth-order valence-corrected chi connectivity index (χ4v) is 1.99. The largest absolute Gasteiger partial charge is 0.380 e. The lowest BCUT2D eigenvalue weighted by molar-refractivity contribution is 0.435. The van der Waals surface area contributed by atoms with Gasteiger partial charge in [0, 0.05) is 10.0 Å². The van der Waals surface area contributed by atoms with Gasteiger partial charge in [-0.2, -0.15) is 0 Å². The van der Waals surface area contributed by atoms with Gasteiger partial charge in [-0.3, -0.25) is 0 Å². The van der Waals surface area contributed by atoms with E-state index >= 15 is 0 Å². The number of nitrogens with zero attached hydrogens (tertiary/aromatic N) is 1. The third-order valence-corrected chi connectivity index (χ3v) is 2.95. The van der Waals surface area contributed by atoms with Crippen LogP contribution in [0.25, 0.3) is 11.3 Å². The highest BCUT2D eigenvalue weighted by molar-refractivity contribution is 9.10. The summed E-state index contributed by atoms with van der Waals surface area (Å²) >= 11 is 9.35. The van der Waals surface area contributed by atoms with Gasteiger partial charge in [-0.05, 0) is 30.7 Å². The van der Waals surface area contributed by atoms with Crippen LogP contribution in [0.1, 0.15) is 5.56 Å². The zero-order valence-electron chi connectivity index (χ0n) is 7.92. The summed E-state index contributed by atoms with van der Waals surface area (Å²) in [6.45, 7) is 1.97. The van der Waals surface area contributed by atoms with E-state index in [0.717, 1.165) is 15.6 Å². The van der Waals surface area contributed by atoms with E-state index < -0.39 is 0 Å². The van der Waals surface area contributed by atoms with Crippen LogP contribution in [0.4, 0.5) is 5.82 Å². The van der Waals surface area contributed by atoms with E-state index in [9.17, 15) is 0 Å². The Morgan fingerprint density at radius 1 is 1.47 bits per heavy atom. The Kier molecular flexibility index (Phi) is 2.71. The van der Waals surface area contributed by atoms with Crippen molar-refractivity contribution in [2.24, 2.45) is 0 Å². The number of aromatic nitrogens is 1. The van der Waals surface area contributed by atoms with E-state index in [1.165, 1.54) is 0 Å². The van der Waals surface area contributed by atoms with Crippen molar-refractivity contribution in [1.29, 1.82) is 0 Å². The minimum absolute atomic E-state index is 0.217. The SMILES string of the molecule is Cc1cc(Br)ccc1-c1onc(N)c1Cl. The van der Waals surface area contributed by atoms with Gasteiger partial charge in [0.1, 0.15) is 5.02 Å². The molecule has 3 nitrogen and oxygen atoms in total. The molecule has 0 spiro atoms. The first-order chi connectivity index (χ1) is 7.09. The molecule has 0 saturated heterocycles. The van der Waals surface area contributed by atoms with Crippen LogP contribution in [-0.2, 0) is 0 Å². The molecular formula is C10H8BrClN2O. The van der Waals surface area contributed by atoms with Crippen LogP contribution in [0, 0.1) is 6.92 Å². The summed E-state index contributed by atoms with van der Waals surface area (Å²) in [7, 11) is 0. The summed E-state index contributed by atoms with van der Waals surface area (Å²) in [6, 6.07) is 5.80. The first-order valence-electron chi connectivity index (χ1n) is 4.26. The van der Waals surface area contributed by atoms with Gasteiger partial charge in [-0.1, -0.05) is 32.7 Å². The Labute approximate surface area is 100 Å². The number of benzene rings is 1. The lowest BCUT2D eigenvalue weighted by Crippen LogP contribution is -1.84. The van der Waals surface area contributed by atoms with Gasteiger partial charge in [0.25, 0.3) is 0 Å². The van der Waals surface area contributed by atoms with Crippen molar-refractivity contribution < 1.29 is 4.52 Å².